The van der Waals surface area contributed by atoms with Crippen molar-refractivity contribution in [2.75, 3.05) is 0 Å². The van der Waals surface area contributed by atoms with E-state index in [-0.39, 0.29) is 5.56 Å². The Kier molecular flexibility index (Phi) is 2.81. The lowest BCUT2D eigenvalue weighted by Gasteiger charge is -1.98. The molecule has 0 unspecified atom stereocenters. The summed E-state index contributed by atoms with van der Waals surface area (Å²) in [6.45, 7) is 0. The van der Waals surface area contributed by atoms with E-state index >= 15 is 0 Å². The quantitative estimate of drug-likeness (QED) is 0.706. The third kappa shape index (κ3) is 2.04. The monoisotopic (exact) mass is 188 g/mol. The van der Waals surface area contributed by atoms with Gasteiger partial charge in [-0.3, -0.25) is 4.79 Å². The molecule has 12 heavy (non-hydrogen) atoms. The van der Waals surface area contributed by atoms with Crippen molar-refractivity contribution in [1.29, 1.82) is 0 Å². The molecular formula is C8H6F2OS. The summed E-state index contributed by atoms with van der Waals surface area (Å²) in [7, 11) is 0. The van der Waals surface area contributed by atoms with E-state index in [9.17, 15) is 13.6 Å². The first kappa shape index (κ1) is 9.19. The SMILES string of the molecule is O=C(S)c1ccc(C(F)F)cc1. The molecule has 0 N–H and O–H groups in total. The number of halogens is 2. The number of rotatable bonds is 2. The highest BCUT2D eigenvalue weighted by molar-refractivity contribution is 7.97. The first-order valence-corrected chi connectivity index (χ1v) is 3.67. The van der Waals surface area contributed by atoms with Crippen LogP contribution in [0.2, 0.25) is 0 Å². The highest BCUT2D eigenvalue weighted by Gasteiger charge is 2.06. The molecule has 0 aliphatic rings. The van der Waals surface area contributed by atoms with Gasteiger partial charge >= 0.3 is 0 Å². The molecule has 4 heteroatoms. The molecule has 0 spiro atoms. The van der Waals surface area contributed by atoms with Crippen molar-refractivity contribution in [3.63, 3.8) is 0 Å². The Balaban J connectivity index is 2.93. The minimum absolute atomic E-state index is 0.0895. The Labute approximate surface area is 73.8 Å². The zero-order valence-electron chi connectivity index (χ0n) is 6.00. The first-order chi connectivity index (χ1) is 5.61. The number of hydrogen-bond donors (Lipinski definition) is 1. The molecule has 64 valence electrons. The predicted molar refractivity (Wildman–Crippen MR) is 44.7 cm³/mol. The molecule has 0 radical (unpaired) electrons. The molecule has 0 aromatic heterocycles. The average Bonchev–Trinajstić information content (AvgIpc) is 2.04. The molecule has 1 nitrogen and oxygen atoms in total. The van der Waals surface area contributed by atoms with Crippen LogP contribution in [0.25, 0.3) is 0 Å². The minimum Gasteiger partial charge on any atom is -0.282 e. The second-order valence-electron chi connectivity index (χ2n) is 2.23. The fourth-order valence-electron chi connectivity index (χ4n) is 0.771. The summed E-state index contributed by atoms with van der Waals surface area (Å²) < 4.78 is 24.0. The molecule has 0 fully saturated rings. The van der Waals surface area contributed by atoms with E-state index in [1.54, 1.807) is 0 Å². The van der Waals surface area contributed by atoms with Crippen molar-refractivity contribution in [1.82, 2.24) is 0 Å². The summed E-state index contributed by atoms with van der Waals surface area (Å²) in [6.07, 6.45) is -2.49. The summed E-state index contributed by atoms with van der Waals surface area (Å²) in [6, 6.07) is 5.09. The van der Waals surface area contributed by atoms with Gasteiger partial charge in [-0.05, 0) is 0 Å². The number of carbonyl (C=O) groups is 1. The number of benzene rings is 1. The second kappa shape index (κ2) is 3.67. The minimum atomic E-state index is -2.49. The van der Waals surface area contributed by atoms with Gasteiger partial charge in [-0.2, -0.15) is 0 Å². The summed E-state index contributed by atoms with van der Waals surface area (Å²) in [5, 5.41) is -0.421. The summed E-state index contributed by atoms with van der Waals surface area (Å²) in [4.78, 5) is 10.6. The maximum Gasteiger partial charge on any atom is 0.263 e. The summed E-state index contributed by atoms with van der Waals surface area (Å²) >= 11 is 3.55. The maximum atomic E-state index is 12.0. The van der Waals surface area contributed by atoms with Gasteiger partial charge in [0.1, 0.15) is 0 Å². The van der Waals surface area contributed by atoms with E-state index in [4.69, 9.17) is 0 Å². The standard InChI is InChI=1S/C8H6F2OS/c9-7(10)5-1-3-6(4-2-5)8(11)12/h1-4,7H,(H,11,12). The van der Waals surface area contributed by atoms with Crippen molar-refractivity contribution in [3.8, 4) is 0 Å². The van der Waals surface area contributed by atoms with E-state index in [1.807, 2.05) is 0 Å². The third-order valence-corrected chi connectivity index (χ3v) is 1.67. The Hall–Kier alpha value is -0.900. The molecule has 0 heterocycles. The molecule has 0 amide bonds. The van der Waals surface area contributed by atoms with Crippen LogP contribution in [-0.2, 0) is 0 Å². The van der Waals surface area contributed by atoms with Gasteiger partial charge in [0.05, 0.1) is 0 Å². The van der Waals surface area contributed by atoms with E-state index in [0.29, 0.717) is 5.56 Å². The Morgan fingerprint density at radius 3 is 2.08 bits per heavy atom. The number of carbonyl (C=O) groups excluding carboxylic acids is 1. The van der Waals surface area contributed by atoms with Gasteiger partial charge < -0.3 is 0 Å². The van der Waals surface area contributed by atoms with Crippen LogP contribution >= 0.6 is 12.6 Å². The normalized spacial score (nSPS) is 10.3. The fraction of sp³-hybridized carbons (Fsp3) is 0.125. The van der Waals surface area contributed by atoms with Gasteiger partial charge in [0.15, 0.2) is 0 Å². The van der Waals surface area contributed by atoms with Crippen molar-refractivity contribution >= 4 is 17.7 Å². The van der Waals surface area contributed by atoms with Crippen molar-refractivity contribution in [2.24, 2.45) is 0 Å². The van der Waals surface area contributed by atoms with Gasteiger partial charge in [0.25, 0.3) is 6.43 Å². The third-order valence-electron chi connectivity index (χ3n) is 1.41. The van der Waals surface area contributed by atoms with E-state index in [0.717, 1.165) is 0 Å². The lowest BCUT2D eigenvalue weighted by molar-refractivity contribution is 0.109. The summed E-state index contributed by atoms with van der Waals surface area (Å²) in [5.74, 6) is 0. The van der Waals surface area contributed by atoms with Crippen LogP contribution in [0.1, 0.15) is 22.3 Å². The molecule has 0 bridgehead atoms. The van der Waals surface area contributed by atoms with Crippen LogP contribution in [0, 0.1) is 0 Å². The van der Waals surface area contributed by atoms with Gasteiger partial charge in [0, 0.05) is 11.1 Å². The van der Waals surface area contributed by atoms with Gasteiger partial charge in [0.2, 0.25) is 5.12 Å². The number of hydrogen-bond acceptors (Lipinski definition) is 1. The molecule has 1 aromatic carbocycles. The zero-order chi connectivity index (χ0) is 9.14. The highest BCUT2D eigenvalue weighted by atomic mass is 32.1. The average molecular weight is 188 g/mol. The van der Waals surface area contributed by atoms with Crippen LogP contribution in [0.5, 0.6) is 0 Å². The van der Waals surface area contributed by atoms with Crippen LogP contribution in [0.3, 0.4) is 0 Å². The molecule has 0 saturated heterocycles. The van der Waals surface area contributed by atoms with Crippen LogP contribution in [0.15, 0.2) is 24.3 Å². The molecular weight excluding hydrogens is 182 g/mol. The van der Waals surface area contributed by atoms with Gasteiger partial charge in [-0.15, -0.1) is 12.6 Å². The lowest BCUT2D eigenvalue weighted by Crippen LogP contribution is -1.90. The Morgan fingerprint density at radius 1 is 1.25 bits per heavy atom. The van der Waals surface area contributed by atoms with E-state index in [2.05, 4.69) is 12.6 Å². The van der Waals surface area contributed by atoms with Crippen molar-refractivity contribution in [2.45, 2.75) is 6.43 Å². The predicted octanol–water partition coefficient (Wildman–Crippen LogP) is 2.69. The lowest BCUT2D eigenvalue weighted by atomic mass is 10.1. The van der Waals surface area contributed by atoms with Crippen molar-refractivity contribution < 1.29 is 13.6 Å². The van der Waals surface area contributed by atoms with Crippen LogP contribution in [-0.4, -0.2) is 5.12 Å². The molecule has 1 rings (SSSR count). The molecule has 1 aromatic rings. The maximum absolute atomic E-state index is 12.0. The summed E-state index contributed by atoms with van der Waals surface area (Å²) in [5.41, 5.74) is 0.232. The molecule has 0 aliphatic carbocycles. The second-order valence-corrected chi connectivity index (χ2v) is 2.63. The highest BCUT2D eigenvalue weighted by Crippen LogP contribution is 2.18. The number of thiol groups is 1. The Morgan fingerprint density at radius 2 is 1.75 bits per heavy atom. The van der Waals surface area contributed by atoms with Gasteiger partial charge in [-0.25, -0.2) is 8.78 Å². The Bertz CT molecular complexity index is 282. The number of alkyl halides is 2. The van der Waals surface area contributed by atoms with Crippen LogP contribution < -0.4 is 0 Å². The zero-order valence-corrected chi connectivity index (χ0v) is 6.89. The van der Waals surface area contributed by atoms with Crippen molar-refractivity contribution in [3.05, 3.63) is 35.4 Å². The topological polar surface area (TPSA) is 17.1 Å². The van der Waals surface area contributed by atoms with E-state index < -0.39 is 11.5 Å². The largest absolute Gasteiger partial charge is 0.282 e. The van der Waals surface area contributed by atoms with Gasteiger partial charge in [-0.1, -0.05) is 24.3 Å². The fourth-order valence-corrected chi connectivity index (χ4v) is 0.920. The smallest absolute Gasteiger partial charge is 0.263 e. The van der Waals surface area contributed by atoms with Crippen LogP contribution in [0.4, 0.5) is 8.78 Å². The molecule has 0 saturated carbocycles. The molecule has 0 aliphatic heterocycles. The molecule has 0 atom stereocenters. The van der Waals surface area contributed by atoms with E-state index in [1.165, 1.54) is 24.3 Å². The first-order valence-electron chi connectivity index (χ1n) is 3.22.